The molecule has 1 saturated heterocycles. The summed E-state index contributed by atoms with van der Waals surface area (Å²) < 4.78 is 7.08. The second-order valence-corrected chi connectivity index (χ2v) is 5.00. The Kier molecular flexibility index (Phi) is 4.40. The lowest BCUT2D eigenvalue weighted by Gasteiger charge is -2.29. The van der Waals surface area contributed by atoms with Gasteiger partial charge in [-0.2, -0.15) is 10.4 Å². The van der Waals surface area contributed by atoms with Crippen molar-refractivity contribution in [1.29, 1.82) is 5.26 Å². The number of hydrogen-bond donors (Lipinski definition) is 1. The van der Waals surface area contributed by atoms with E-state index in [9.17, 15) is 5.26 Å². The first-order valence-corrected chi connectivity index (χ1v) is 6.62. The average Bonchev–Trinajstić information content (AvgIpc) is 2.65. The molecule has 1 unspecified atom stereocenters. The average molecular weight is 263 g/mol. The summed E-state index contributed by atoms with van der Waals surface area (Å²) in [5, 5.41) is 16.8. The number of aryl methyl sites for hydroxylation is 2. The van der Waals surface area contributed by atoms with E-state index in [0.717, 1.165) is 44.4 Å². The molecule has 2 heterocycles. The van der Waals surface area contributed by atoms with Crippen LogP contribution in [-0.4, -0.2) is 53.6 Å². The summed E-state index contributed by atoms with van der Waals surface area (Å²) in [6.45, 7) is 8.48. The third-order valence-corrected chi connectivity index (χ3v) is 3.35. The minimum atomic E-state index is 0.264. The highest BCUT2D eigenvalue weighted by Gasteiger charge is 2.17. The van der Waals surface area contributed by atoms with Gasteiger partial charge in [0.25, 0.3) is 0 Å². The third-order valence-electron chi connectivity index (χ3n) is 3.35. The Bertz CT molecular complexity index is 470. The van der Waals surface area contributed by atoms with Crippen LogP contribution in [0, 0.1) is 18.3 Å². The van der Waals surface area contributed by atoms with Crippen LogP contribution in [0.15, 0.2) is 0 Å². The van der Waals surface area contributed by atoms with Gasteiger partial charge in [0.2, 0.25) is 0 Å². The predicted octanol–water partition coefficient (Wildman–Crippen LogP) is 0.733. The summed E-state index contributed by atoms with van der Waals surface area (Å²) in [5.74, 6) is 0.806. The van der Waals surface area contributed by atoms with Crippen LogP contribution in [0.5, 0.6) is 0 Å². The topological polar surface area (TPSA) is 66.1 Å². The van der Waals surface area contributed by atoms with E-state index < -0.39 is 0 Å². The van der Waals surface area contributed by atoms with Crippen molar-refractivity contribution in [2.75, 3.05) is 38.2 Å². The van der Waals surface area contributed by atoms with Crippen LogP contribution in [-0.2, 0) is 11.8 Å². The number of anilines is 1. The molecule has 19 heavy (non-hydrogen) atoms. The van der Waals surface area contributed by atoms with Gasteiger partial charge in [-0.1, -0.05) is 0 Å². The molecule has 6 heteroatoms. The number of ether oxygens (including phenoxy) is 1. The number of aromatic nitrogens is 2. The lowest BCUT2D eigenvalue weighted by Crippen LogP contribution is -2.42. The maximum atomic E-state index is 9.18. The summed E-state index contributed by atoms with van der Waals surface area (Å²) in [7, 11) is 1.86. The molecule has 0 aliphatic carbocycles. The standard InChI is InChI=1S/C13H21N5O/c1-10(9-18-4-6-19-7-5-18)15-13-12(8-14)11(2)16-17(13)3/h10,15H,4-7,9H2,1-3H3. The molecule has 0 aromatic carbocycles. The summed E-state index contributed by atoms with van der Waals surface area (Å²) >= 11 is 0. The molecule has 1 aliphatic heterocycles. The van der Waals surface area contributed by atoms with Crippen LogP contribution >= 0.6 is 0 Å². The molecule has 104 valence electrons. The molecule has 0 spiro atoms. The van der Waals surface area contributed by atoms with E-state index in [1.807, 2.05) is 14.0 Å². The Morgan fingerprint density at radius 3 is 2.79 bits per heavy atom. The van der Waals surface area contributed by atoms with E-state index in [1.54, 1.807) is 4.68 Å². The lowest BCUT2D eigenvalue weighted by molar-refractivity contribution is 0.0368. The number of nitrogens with zero attached hydrogens (tertiary/aromatic N) is 4. The Balaban J connectivity index is 1.98. The van der Waals surface area contributed by atoms with Gasteiger partial charge in [0, 0.05) is 32.7 Å². The minimum absolute atomic E-state index is 0.264. The highest BCUT2D eigenvalue weighted by atomic mass is 16.5. The van der Waals surface area contributed by atoms with Crippen LogP contribution < -0.4 is 5.32 Å². The molecule has 0 bridgehead atoms. The number of nitriles is 1. The van der Waals surface area contributed by atoms with Crippen LogP contribution in [0.2, 0.25) is 0 Å². The van der Waals surface area contributed by atoms with Crippen molar-refractivity contribution in [3.8, 4) is 6.07 Å². The number of morpholine rings is 1. The fraction of sp³-hybridized carbons (Fsp3) is 0.692. The molecule has 0 radical (unpaired) electrons. The van der Waals surface area contributed by atoms with Crippen molar-refractivity contribution in [2.45, 2.75) is 19.9 Å². The fourth-order valence-electron chi connectivity index (χ4n) is 2.41. The molecule has 6 nitrogen and oxygen atoms in total. The first-order chi connectivity index (χ1) is 9.11. The van der Waals surface area contributed by atoms with Crippen LogP contribution in [0.1, 0.15) is 18.2 Å². The van der Waals surface area contributed by atoms with Crippen molar-refractivity contribution in [3.05, 3.63) is 11.3 Å². The van der Waals surface area contributed by atoms with Gasteiger partial charge in [0.15, 0.2) is 0 Å². The number of rotatable bonds is 4. The van der Waals surface area contributed by atoms with Gasteiger partial charge in [-0.05, 0) is 13.8 Å². The Morgan fingerprint density at radius 1 is 1.47 bits per heavy atom. The molecular formula is C13H21N5O. The van der Waals surface area contributed by atoms with E-state index in [2.05, 4.69) is 28.3 Å². The van der Waals surface area contributed by atoms with E-state index in [0.29, 0.717) is 5.56 Å². The third kappa shape index (κ3) is 3.25. The van der Waals surface area contributed by atoms with E-state index >= 15 is 0 Å². The molecular weight excluding hydrogens is 242 g/mol. The fourth-order valence-corrected chi connectivity index (χ4v) is 2.41. The molecule has 0 amide bonds. The van der Waals surface area contributed by atoms with Crippen LogP contribution in [0.4, 0.5) is 5.82 Å². The quantitative estimate of drug-likeness (QED) is 0.867. The van der Waals surface area contributed by atoms with Gasteiger partial charge in [0.1, 0.15) is 17.5 Å². The zero-order valence-electron chi connectivity index (χ0n) is 11.8. The zero-order chi connectivity index (χ0) is 13.8. The summed E-state index contributed by atoms with van der Waals surface area (Å²) in [4.78, 5) is 2.37. The summed E-state index contributed by atoms with van der Waals surface area (Å²) in [6, 6.07) is 2.48. The predicted molar refractivity (Wildman–Crippen MR) is 73.0 cm³/mol. The molecule has 2 rings (SSSR count). The molecule has 1 aliphatic rings. The van der Waals surface area contributed by atoms with Gasteiger partial charge in [0.05, 0.1) is 18.9 Å². The normalized spacial score (nSPS) is 18.0. The SMILES string of the molecule is Cc1nn(C)c(NC(C)CN2CCOCC2)c1C#N. The van der Waals surface area contributed by atoms with Crippen molar-refractivity contribution in [1.82, 2.24) is 14.7 Å². The Labute approximate surface area is 113 Å². The van der Waals surface area contributed by atoms with Gasteiger partial charge in [-0.15, -0.1) is 0 Å². The largest absolute Gasteiger partial charge is 0.379 e. The Morgan fingerprint density at radius 2 is 2.16 bits per heavy atom. The molecule has 1 aromatic heterocycles. The van der Waals surface area contributed by atoms with Crippen LogP contribution in [0.3, 0.4) is 0 Å². The van der Waals surface area contributed by atoms with Gasteiger partial charge < -0.3 is 10.1 Å². The van der Waals surface area contributed by atoms with Gasteiger partial charge >= 0.3 is 0 Å². The van der Waals surface area contributed by atoms with Crippen LogP contribution in [0.25, 0.3) is 0 Å². The minimum Gasteiger partial charge on any atom is -0.379 e. The molecule has 1 aromatic rings. The maximum absolute atomic E-state index is 9.18. The highest BCUT2D eigenvalue weighted by molar-refractivity contribution is 5.55. The zero-order valence-corrected chi connectivity index (χ0v) is 11.8. The first-order valence-electron chi connectivity index (χ1n) is 6.62. The molecule has 1 atom stereocenters. The summed E-state index contributed by atoms with van der Waals surface area (Å²) in [5.41, 5.74) is 1.41. The highest BCUT2D eigenvalue weighted by Crippen LogP contribution is 2.18. The lowest BCUT2D eigenvalue weighted by atomic mass is 10.2. The van der Waals surface area contributed by atoms with E-state index in [1.165, 1.54) is 0 Å². The first kappa shape index (κ1) is 13.8. The smallest absolute Gasteiger partial charge is 0.142 e. The van der Waals surface area contributed by atoms with Crippen molar-refractivity contribution >= 4 is 5.82 Å². The second-order valence-electron chi connectivity index (χ2n) is 5.00. The van der Waals surface area contributed by atoms with Crippen molar-refractivity contribution in [3.63, 3.8) is 0 Å². The van der Waals surface area contributed by atoms with Crippen molar-refractivity contribution < 1.29 is 4.74 Å². The van der Waals surface area contributed by atoms with Gasteiger partial charge in [-0.3, -0.25) is 9.58 Å². The van der Waals surface area contributed by atoms with Gasteiger partial charge in [-0.25, -0.2) is 0 Å². The maximum Gasteiger partial charge on any atom is 0.142 e. The number of nitrogens with one attached hydrogen (secondary N) is 1. The molecule has 0 saturated carbocycles. The van der Waals surface area contributed by atoms with Crippen molar-refractivity contribution in [2.24, 2.45) is 7.05 Å². The van der Waals surface area contributed by atoms with E-state index in [-0.39, 0.29) is 6.04 Å². The number of hydrogen-bond acceptors (Lipinski definition) is 5. The second kappa shape index (κ2) is 6.04. The monoisotopic (exact) mass is 263 g/mol. The summed E-state index contributed by atoms with van der Waals surface area (Å²) in [6.07, 6.45) is 0. The molecule has 1 fully saturated rings. The Hall–Kier alpha value is -1.58. The molecule has 1 N–H and O–H groups in total. The van der Waals surface area contributed by atoms with E-state index in [4.69, 9.17) is 4.74 Å².